The summed E-state index contributed by atoms with van der Waals surface area (Å²) in [7, 11) is 0. The lowest BCUT2D eigenvalue weighted by atomic mass is 10.3. The number of carboxylic acid groups (broad SMARTS) is 1. The van der Waals surface area contributed by atoms with Crippen LogP contribution in [0.25, 0.3) is 0 Å². The normalized spacial score (nSPS) is 8.75. The molecule has 16 heavy (non-hydrogen) atoms. The van der Waals surface area contributed by atoms with Crippen LogP contribution < -0.4 is 5.32 Å². The average Bonchev–Trinajstić information content (AvgIpc) is 2.86. The summed E-state index contributed by atoms with van der Waals surface area (Å²) in [6, 6.07) is 9.23. The lowest BCUT2D eigenvalue weighted by Crippen LogP contribution is -2.11. The Kier molecular flexibility index (Phi) is 5.19. The summed E-state index contributed by atoms with van der Waals surface area (Å²) >= 11 is 0. The summed E-state index contributed by atoms with van der Waals surface area (Å²) in [5, 5.41) is 11.1. The fourth-order valence-electron chi connectivity index (χ4n) is 0.949. The van der Waals surface area contributed by atoms with Crippen molar-refractivity contribution in [3.8, 4) is 0 Å². The number of rotatable bonds is 3. The first-order valence-corrected chi connectivity index (χ1v) is 4.72. The number of aromatic amines is 1. The number of H-pyrrole nitrogens is 1. The van der Waals surface area contributed by atoms with Crippen molar-refractivity contribution in [2.45, 2.75) is 0 Å². The number of carbonyl (C=O) groups is 1. The summed E-state index contributed by atoms with van der Waals surface area (Å²) in [6.45, 7) is -0.0377. The molecule has 0 bridgehead atoms. The van der Waals surface area contributed by atoms with Crippen molar-refractivity contribution in [3.63, 3.8) is 0 Å². The van der Waals surface area contributed by atoms with Crippen LogP contribution in [0.3, 0.4) is 0 Å². The molecule has 1 aromatic heterocycles. The Morgan fingerprint density at radius 1 is 1.38 bits per heavy atom. The fourth-order valence-corrected chi connectivity index (χ4v) is 0.949. The first kappa shape index (κ1) is 11.8. The Labute approximate surface area is 93.2 Å². The predicted octanol–water partition coefficient (Wildman–Crippen LogP) is 1.59. The maximum atomic E-state index is 10.1. The van der Waals surface area contributed by atoms with Crippen LogP contribution in [0.4, 0.5) is 5.69 Å². The Hall–Kier alpha value is -2.30. The van der Waals surface area contributed by atoms with E-state index in [-0.39, 0.29) is 6.54 Å². The van der Waals surface area contributed by atoms with Crippen LogP contribution in [-0.2, 0) is 4.79 Å². The summed E-state index contributed by atoms with van der Waals surface area (Å²) in [5.41, 5.74) is 0.829. The smallest absolute Gasteiger partial charge is 0.322 e. The van der Waals surface area contributed by atoms with Gasteiger partial charge in [-0.15, -0.1) is 0 Å². The molecule has 1 heterocycles. The number of aliphatic carboxylic acids is 1. The van der Waals surface area contributed by atoms with Gasteiger partial charge in [-0.3, -0.25) is 4.79 Å². The van der Waals surface area contributed by atoms with Gasteiger partial charge in [0.2, 0.25) is 0 Å². The van der Waals surface area contributed by atoms with E-state index in [0.717, 1.165) is 5.69 Å². The summed E-state index contributed by atoms with van der Waals surface area (Å²) in [4.78, 5) is 16.5. The minimum atomic E-state index is -0.853. The molecule has 84 valence electrons. The number of aromatic nitrogens is 2. The van der Waals surface area contributed by atoms with Gasteiger partial charge in [0.15, 0.2) is 0 Å². The first-order valence-electron chi connectivity index (χ1n) is 4.72. The molecule has 3 N–H and O–H groups in total. The first-order chi connectivity index (χ1) is 7.79. The van der Waals surface area contributed by atoms with Crippen molar-refractivity contribution in [2.75, 3.05) is 11.9 Å². The molecular weight excluding hydrogens is 206 g/mol. The van der Waals surface area contributed by atoms with Crippen molar-refractivity contribution in [2.24, 2.45) is 0 Å². The molecule has 5 nitrogen and oxygen atoms in total. The van der Waals surface area contributed by atoms with Crippen LogP contribution in [0.15, 0.2) is 49.1 Å². The summed E-state index contributed by atoms with van der Waals surface area (Å²) < 4.78 is 0. The van der Waals surface area contributed by atoms with E-state index in [9.17, 15) is 4.79 Å². The molecule has 0 aliphatic carbocycles. The number of nitrogens with zero attached hydrogens (tertiary/aromatic N) is 1. The van der Waals surface area contributed by atoms with Gasteiger partial charge in [-0.1, -0.05) is 18.2 Å². The number of para-hydroxylation sites is 1. The quantitative estimate of drug-likeness (QED) is 0.732. The van der Waals surface area contributed by atoms with E-state index < -0.39 is 5.97 Å². The van der Waals surface area contributed by atoms with Crippen LogP contribution in [0.2, 0.25) is 0 Å². The van der Waals surface area contributed by atoms with Gasteiger partial charge >= 0.3 is 5.97 Å². The Morgan fingerprint density at radius 2 is 2.12 bits per heavy atom. The second kappa shape index (κ2) is 7.05. The molecule has 0 saturated heterocycles. The fraction of sp³-hybridized carbons (Fsp3) is 0.0909. The van der Waals surface area contributed by atoms with Gasteiger partial charge in [0.05, 0.1) is 6.33 Å². The van der Waals surface area contributed by atoms with Gasteiger partial charge in [-0.2, -0.15) is 0 Å². The molecule has 0 radical (unpaired) electrons. The maximum Gasteiger partial charge on any atom is 0.322 e. The molecule has 0 atom stereocenters. The molecule has 2 aromatic rings. The molecule has 0 saturated carbocycles. The number of nitrogens with one attached hydrogen (secondary N) is 2. The van der Waals surface area contributed by atoms with Crippen molar-refractivity contribution >= 4 is 11.7 Å². The molecule has 0 aliphatic rings. The summed E-state index contributed by atoms with van der Waals surface area (Å²) in [5.74, 6) is -0.853. The molecule has 5 heteroatoms. The van der Waals surface area contributed by atoms with Gasteiger partial charge in [0, 0.05) is 18.1 Å². The molecule has 0 fully saturated rings. The van der Waals surface area contributed by atoms with Gasteiger partial charge in [-0.05, 0) is 12.1 Å². The zero-order valence-corrected chi connectivity index (χ0v) is 8.63. The number of anilines is 1. The molecule has 0 spiro atoms. The van der Waals surface area contributed by atoms with Crippen LogP contribution in [0.5, 0.6) is 0 Å². The maximum absolute atomic E-state index is 10.1. The van der Waals surface area contributed by atoms with E-state index in [1.165, 1.54) is 0 Å². The molecule has 2 rings (SSSR count). The Bertz CT molecular complexity index is 370. The minimum absolute atomic E-state index is 0.0377. The molecular formula is C11H13N3O2. The number of hydrogen-bond donors (Lipinski definition) is 3. The molecule has 1 aromatic carbocycles. The topological polar surface area (TPSA) is 78.0 Å². The van der Waals surface area contributed by atoms with Crippen LogP contribution >= 0.6 is 0 Å². The van der Waals surface area contributed by atoms with E-state index in [0.29, 0.717) is 0 Å². The highest BCUT2D eigenvalue weighted by molar-refractivity contribution is 5.72. The second-order valence-corrected chi connectivity index (χ2v) is 2.87. The Balaban J connectivity index is 0.000000212. The van der Waals surface area contributed by atoms with Crippen molar-refractivity contribution < 1.29 is 9.90 Å². The zero-order chi connectivity index (χ0) is 11.6. The number of carboxylic acids is 1. The number of imidazole rings is 1. The van der Waals surface area contributed by atoms with E-state index >= 15 is 0 Å². The largest absolute Gasteiger partial charge is 0.480 e. The SMILES string of the molecule is O=C(O)CNc1ccccc1.c1c[nH]cn1. The van der Waals surface area contributed by atoms with Crippen molar-refractivity contribution in [1.82, 2.24) is 9.97 Å². The highest BCUT2D eigenvalue weighted by Crippen LogP contribution is 2.03. The van der Waals surface area contributed by atoms with Crippen LogP contribution in [0, 0.1) is 0 Å². The van der Waals surface area contributed by atoms with Crippen molar-refractivity contribution in [1.29, 1.82) is 0 Å². The van der Waals surface area contributed by atoms with Gasteiger partial charge in [0.1, 0.15) is 6.54 Å². The standard InChI is InChI=1S/C8H9NO2.C3H4N2/c10-8(11)6-9-7-4-2-1-3-5-7;1-2-5-3-4-1/h1-5,9H,6H2,(H,10,11);1-3H,(H,4,5). The zero-order valence-electron chi connectivity index (χ0n) is 8.63. The second-order valence-electron chi connectivity index (χ2n) is 2.87. The molecule has 0 amide bonds. The molecule has 0 unspecified atom stereocenters. The lowest BCUT2D eigenvalue weighted by molar-refractivity contribution is -0.134. The highest BCUT2D eigenvalue weighted by atomic mass is 16.4. The van der Waals surface area contributed by atoms with Gasteiger partial charge < -0.3 is 15.4 Å². The predicted molar refractivity (Wildman–Crippen MR) is 61.2 cm³/mol. The third-order valence-electron chi connectivity index (χ3n) is 1.62. The average molecular weight is 219 g/mol. The molecule has 0 aliphatic heterocycles. The van der Waals surface area contributed by atoms with E-state index in [1.54, 1.807) is 18.7 Å². The van der Waals surface area contributed by atoms with Gasteiger partial charge in [-0.25, -0.2) is 4.98 Å². The van der Waals surface area contributed by atoms with E-state index in [1.807, 2.05) is 30.3 Å². The van der Waals surface area contributed by atoms with Crippen molar-refractivity contribution in [3.05, 3.63) is 49.1 Å². The third-order valence-corrected chi connectivity index (χ3v) is 1.62. The van der Waals surface area contributed by atoms with Gasteiger partial charge in [0.25, 0.3) is 0 Å². The lowest BCUT2D eigenvalue weighted by Gasteiger charge is -2.00. The third kappa shape index (κ3) is 5.43. The Morgan fingerprint density at radius 3 is 2.56 bits per heavy atom. The minimum Gasteiger partial charge on any atom is -0.480 e. The van der Waals surface area contributed by atoms with E-state index in [2.05, 4.69) is 15.3 Å². The van der Waals surface area contributed by atoms with Crippen LogP contribution in [0.1, 0.15) is 0 Å². The highest BCUT2D eigenvalue weighted by Gasteiger charge is 1.93. The number of hydrogen-bond acceptors (Lipinski definition) is 3. The monoisotopic (exact) mass is 219 g/mol. The van der Waals surface area contributed by atoms with Crippen LogP contribution in [-0.4, -0.2) is 27.6 Å². The van der Waals surface area contributed by atoms with E-state index in [4.69, 9.17) is 5.11 Å². The summed E-state index contributed by atoms with van der Waals surface area (Å²) in [6.07, 6.45) is 5.08. The number of benzene rings is 1.